The molecular formula is C49H29N7S. The summed E-state index contributed by atoms with van der Waals surface area (Å²) in [6, 6.07) is 53.2. The molecule has 0 bridgehead atoms. The zero-order valence-electron chi connectivity index (χ0n) is 30.3. The van der Waals surface area contributed by atoms with E-state index in [9.17, 15) is 0 Å². The van der Waals surface area contributed by atoms with Crippen LogP contribution < -0.4 is 0 Å². The second kappa shape index (κ2) is 12.5. The number of aromatic nitrogens is 7. The molecule has 8 heteroatoms. The second-order valence-corrected chi connectivity index (χ2v) is 15.2. The smallest absolute Gasteiger partial charge is 0.235 e. The third-order valence-electron chi connectivity index (χ3n) is 10.9. The van der Waals surface area contributed by atoms with E-state index in [0.29, 0.717) is 5.95 Å². The van der Waals surface area contributed by atoms with Gasteiger partial charge in [-0.15, -0.1) is 11.3 Å². The number of rotatable bonds is 5. The van der Waals surface area contributed by atoms with Crippen LogP contribution in [0.25, 0.3) is 109 Å². The van der Waals surface area contributed by atoms with Crippen molar-refractivity contribution in [3.05, 3.63) is 176 Å². The van der Waals surface area contributed by atoms with Crippen molar-refractivity contribution < 1.29 is 0 Å². The molecule has 0 spiro atoms. The minimum atomic E-state index is 0.579. The standard InChI is InChI=1S/C49H29N7S/c1-2-10-30(11-3-1)38-20-23-44-47(52-38)46-43(22-19-36-35-15-5-7-17-45(35)57-48(36)46)55(44)33-18-21-42-37(26-33)34-14-4-6-16-41(34)56(42)49-53-39(31-12-8-24-50-28-31)27-40(54-49)32-13-9-25-51-29-32/h1-29H. The lowest BCUT2D eigenvalue weighted by molar-refractivity contribution is 0.994. The van der Waals surface area contributed by atoms with Crippen molar-refractivity contribution in [3.63, 3.8) is 0 Å². The summed E-state index contributed by atoms with van der Waals surface area (Å²) in [6.45, 7) is 0. The predicted molar refractivity (Wildman–Crippen MR) is 233 cm³/mol. The van der Waals surface area contributed by atoms with Crippen molar-refractivity contribution in [2.75, 3.05) is 0 Å². The Morgan fingerprint density at radius 3 is 1.86 bits per heavy atom. The van der Waals surface area contributed by atoms with E-state index in [-0.39, 0.29) is 0 Å². The summed E-state index contributed by atoms with van der Waals surface area (Å²) in [6.07, 6.45) is 7.23. The van der Waals surface area contributed by atoms with Crippen molar-refractivity contribution in [1.29, 1.82) is 0 Å². The van der Waals surface area contributed by atoms with Crippen LogP contribution in [0.1, 0.15) is 0 Å². The summed E-state index contributed by atoms with van der Waals surface area (Å²) >= 11 is 1.84. The Morgan fingerprint density at radius 1 is 0.421 bits per heavy atom. The Labute approximate surface area is 329 Å². The number of hydrogen-bond donors (Lipinski definition) is 0. The highest BCUT2D eigenvalue weighted by Gasteiger charge is 2.22. The molecule has 0 fully saturated rings. The Hall–Kier alpha value is -7.55. The van der Waals surface area contributed by atoms with Gasteiger partial charge in [0.1, 0.15) is 0 Å². The summed E-state index contributed by atoms with van der Waals surface area (Å²) in [5, 5.41) is 5.92. The van der Waals surface area contributed by atoms with Gasteiger partial charge in [0.15, 0.2) is 0 Å². The highest BCUT2D eigenvalue weighted by molar-refractivity contribution is 7.26. The van der Waals surface area contributed by atoms with Crippen LogP contribution in [-0.4, -0.2) is 34.1 Å². The molecule has 0 saturated carbocycles. The number of thiophene rings is 1. The number of nitrogens with zero attached hydrogens (tertiary/aromatic N) is 7. The van der Waals surface area contributed by atoms with E-state index < -0.39 is 0 Å². The molecule has 0 saturated heterocycles. The highest BCUT2D eigenvalue weighted by atomic mass is 32.1. The molecule has 12 rings (SSSR count). The van der Waals surface area contributed by atoms with Crippen molar-refractivity contribution in [3.8, 4) is 45.4 Å². The summed E-state index contributed by atoms with van der Waals surface area (Å²) in [5.74, 6) is 0.579. The van der Waals surface area contributed by atoms with Crippen LogP contribution in [-0.2, 0) is 0 Å². The van der Waals surface area contributed by atoms with E-state index in [1.807, 2.05) is 60.1 Å². The van der Waals surface area contributed by atoms with E-state index in [1.54, 1.807) is 12.4 Å². The molecule has 0 atom stereocenters. The number of para-hydroxylation sites is 1. The summed E-state index contributed by atoms with van der Waals surface area (Å²) in [7, 11) is 0. The lowest BCUT2D eigenvalue weighted by atomic mass is 10.1. The topological polar surface area (TPSA) is 74.3 Å². The fourth-order valence-corrected chi connectivity index (χ4v) is 9.61. The van der Waals surface area contributed by atoms with Gasteiger partial charge >= 0.3 is 0 Å². The summed E-state index contributed by atoms with van der Waals surface area (Å²) in [5.41, 5.74) is 11.7. The SMILES string of the molecule is c1ccc(-c2ccc3c(n2)c2c4sc5ccccc5c4ccc2n3-c2ccc3c(c2)c2ccccc2n3-c2nc(-c3cccnc3)cc(-c3cccnc3)n2)cc1. The van der Waals surface area contributed by atoms with Gasteiger partial charge in [-0.25, -0.2) is 15.0 Å². The lowest BCUT2D eigenvalue weighted by Crippen LogP contribution is -2.04. The van der Waals surface area contributed by atoms with Gasteiger partial charge in [0.2, 0.25) is 5.95 Å². The molecule has 0 radical (unpaired) electrons. The third kappa shape index (κ3) is 4.94. The number of hydrogen-bond acceptors (Lipinski definition) is 6. The molecular weight excluding hydrogens is 719 g/mol. The maximum Gasteiger partial charge on any atom is 0.235 e. The average Bonchev–Trinajstić information content (AvgIpc) is 3.94. The van der Waals surface area contributed by atoms with E-state index in [4.69, 9.17) is 15.0 Å². The Morgan fingerprint density at radius 2 is 1.09 bits per heavy atom. The lowest BCUT2D eigenvalue weighted by Gasteiger charge is -2.12. The second-order valence-electron chi connectivity index (χ2n) is 14.2. The molecule has 0 aliphatic carbocycles. The monoisotopic (exact) mass is 747 g/mol. The van der Waals surface area contributed by atoms with Gasteiger partial charge in [-0.05, 0) is 78.9 Å². The van der Waals surface area contributed by atoms with Crippen molar-refractivity contribution in [2.45, 2.75) is 0 Å². The minimum absolute atomic E-state index is 0.579. The first-order valence-corrected chi connectivity index (χ1v) is 19.6. The average molecular weight is 748 g/mol. The first kappa shape index (κ1) is 31.8. The highest BCUT2D eigenvalue weighted by Crippen LogP contribution is 2.44. The van der Waals surface area contributed by atoms with Gasteiger partial charge in [-0.1, -0.05) is 72.8 Å². The Balaban J connectivity index is 1.12. The van der Waals surface area contributed by atoms with Gasteiger partial charge < -0.3 is 4.57 Å². The van der Waals surface area contributed by atoms with Gasteiger partial charge in [0, 0.05) is 83.5 Å². The van der Waals surface area contributed by atoms with Crippen LogP contribution in [0.5, 0.6) is 0 Å². The normalized spacial score (nSPS) is 11.9. The number of benzene rings is 5. The number of pyridine rings is 3. The molecule has 7 aromatic heterocycles. The summed E-state index contributed by atoms with van der Waals surface area (Å²) in [4.78, 5) is 24.6. The van der Waals surface area contributed by atoms with E-state index in [2.05, 4.69) is 134 Å². The van der Waals surface area contributed by atoms with E-state index in [1.165, 1.54) is 25.6 Å². The van der Waals surface area contributed by atoms with Crippen LogP contribution in [0, 0.1) is 0 Å². The predicted octanol–water partition coefficient (Wildman–Crippen LogP) is 12.2. The molecule has 0 aliphatic rings. The molecule has 7 nitrogen and oxygen atoms in total. The van der Waals surface area contributed by atoms with Crippen molar-refractivity contribution in [2.24, 2.45) is 0 Å². The van der Waals surface area contributed by atoms with Crippen LogP contribution in [0.15, 0.2) is 176 Å². The molecule has 0 N–H and O–H groups in total. The van der Waals surface area contributed by atoms with E-state index >= 15 is 0 Å². The molecule has 12 aromatic rings. The van der Waals surface area contributed by atoms with E-state index in [0.717, 1.165) is 77.8 Å². The largest absolute Gasteiger partial charge is 0.308 e. The molecule has 0 unspecified atom stereocenters. The molecule has 0 aliphatic heterocycles. The molecule has 266 valence electrons. The maximum absolute atomic E-state index is 5.42. The zero-order chi connectivity index (χ0) is 37.5. The fraction of sp³-hybridized carbons (Fsp3) is 0. The molecule has 0 amide bonds. The van der Waals surface area contributed by atoms with Crippen molar-refractivity contribution >= 4 is 75.3 Å². The maximum atomic E-state index is 5.42. The molecule has 5 aromatic carbocycles. The fourth-order valence-electron chi connectivity index (χ4n) is 8.36. The number of fused-ring (bicyclic) bond motifs is 10. The zero-order valence-corrected chi connectivity index (χ0v) is 31.1. The minimum Gasteiger partial charge on any atom is -0.308 e. The Bertz CT molecular complexity index is 3460. The molecule has 7 heterocycles. The molecule has 57 heavy (non-hydrogen) atoms. The first-order valence-electron chi connectivity index (χ1n) is 18.8. The van der Waals surface area contributed by atoms with Gasteiger partial charge in [0.05, 0.1) is 44.7 Å². The quantitative estimate of drug-likeness (QED) is 0.175. The van der Waals surface area contributed by atoms with Crippen LogP contribution >= 0.6 is 11.3 Å². The third-order valence-corrected chi connectivity index (χ3v) is 12.1. The first-order chi connectivity index (χ1) is 28.3. The van der Waals surface area contributed by atoms with Gasteiger partial charge in [-0.2, -0.15) is 0 Å². The van der Waals surface area contributed by atoms with Crippen LogP contribution in [0.2, 0.25) is 0 Å². The Kier molecular flexibility index (Phi) is 6.96. The van der Waals surface area contributed by atoms with Gasteiger partial charge in [-0.3, -0.25) is 14.5 Å². The van der Waals surface area contributed by atoms with Crippen LogP contribution in [0.4, 0.5) is 0 Å². The summed E-state index contributed by atoms with van der Waals surface area (Å²) < 4.78 is 7.08. The van der Waals surface area contributed by atoms with Crippen LogP contribution in [0.3, 0.4) is 0 Å². The van der Waals surface area contributed by atoms with Crippen molar-refractivity contribution in [1.82, 2.24) is 34.1 Å². The van der Waals surface area contributed by atoms with Gasteiger partial charge in [0.25, 0.3) is 0 Å².